The number of amides is 2. The molecule has 0 aliphatic heterocycles. The van der Waals surface area contributed by atoms with Crippen LogP contribution in [0.4, 0.5) is 16.3 Å². The highest BCUT2D eigenvalue weighted by Gasteiger charge is 2.23. The minimum Gasteiger partial charge on any atom is -0.351 e. The highest BCUT2D eigenvalue weighted by atomic mass is 16.2. The molecule has 0 bridgehead atoms. The molecule has 0 fully saturated rings. The maximum absolute atomic E-state index is 12.4. The first-order valence-electron chi connectivity index (χ1n) is 9.46. The Bertz CT molecular complexity index is 1100. The maximum Gasteiger partial charge on any atom is 0.325 e. The van der Waals surface area contributed by atoms with Crippen molar-refractivity contribution in [3.63, 3.8) is 0 Å². The Kier molecular flexibility index (Phi) is 5.50. The van der Waals surface area contributed by atoms with Gasteiger partial charge in [-0.15, -0.1) is 0 Å². The number of urea groups is 1. The molecule has 1 heterocycles. The third-order valence-electron chi connectivity index (χ3n) is 5.01. The van der Waals surface area contributed by atoms with Gasteiger partial charge >= 0.3 is 6.03 Å². The van der Waals surface area contributed by atoms with Crippen LogP contribution in [-0.2, 0) is 0 Å². The molecule has 29 heavy (non-hydrogen) atoms. The molecule has 0 unspecified atom stereocenters. The number of primary amides is 1. The number of hydrogen-bond donors (Lipinski definition) is 1. The fourth-order valence-electron chi connectivity index (χ4n) is 3.64. The molecule has 0 aliphatic rings. The van der Waals surface area contributed by atoms with E-state index in [1.54, 1.807) is 12.1 Å². The monoisotopic (exact) mass is 387 g/mol. The lowest BCUT2D eigenvalue weighted by atomic mass is 9.97. The van der Waals surface area contributed by atoms with Crippen molar-refractivity contribution in [2.24, 2.45) is 5.73 Å². The Morgan fingerprint density at radius 3 is 2.10 bits per heavy atom. The number of anilines is 2. The lowest BCUT2D eigenvalue weighted by Crippen LogP contribution is -2.33. The van der Waals surface area contributed by atoms with Crippen LogP contribution < -0.4 is 10.6 Å². The predicted molar refractivity (Wildman–Crippen MR) is 117 cm³/mol. The van der Waals surface area contributed by atoms with Gasteiger partial charge in [0.1, 0.15) is 5.82 Å². The van der Waals surface area contributed by atoms with Gasteiger partial charge in [-0.25, -0.2) is 14.7 Å². The third kappa shape index (κ3) is 3.90. The van der Waals surface area contributed by atoms with E-state index >= 15 is 0 Å². The molecule has 0 spiro atoms. The average Bonchev–Trinajstić information content (AvgIpc) is 2.64. The van der Waals surface area contributed by atoms with Crippen LogP contribution in [-0.4, -0.2) is 16.8 Å². The average molecular weight is 387 g/mol. The number of carbonyl (C=O) groups is 2. The summed E-state index contributed by atoms with van der Waals surface area (Å²) in [5.41, 5.74) is 12.3. The molecule has 5 heteroatoms. The molecule has 148 valence electrons. The first-order chi connectivity index (χ1) is 13.7. The van der Waals surface area contributed by atoms with Crippen LogP contribution in [0.3, 0.4) is 0 Å². The molecule has 2 N–H and O–H groups in total. The quantitative estimate of drug-likeness (QED) is 0.609. The first-order valence-corrected chi connectivity index (χ1v) is 9.46. The van der Waals surface area contributed by atoms with E-state index < -0.39 is 6.03 Å². The second kappa shape index (κ2) is 7.87. The van der Waals surface area contributed by atoms with Gasteiger partial charge in [0.15, 0.2) is 5.78 Å². The van der Waals surface area contributed by atoms with Crippen molar-refractivity contribution in [2.75, 3.05) is 4.90 Å². The SMILES string of the molecule is CC(=O)c1ccc(N(C(N)=O)c2c(C)cccc2C)nc1-c1ccc(C)cc1C. The maximum atomic E-state index is 12.4. The molecule has 3 aromatic rings. The fourth-order valence-corrected chi connectivity index (χ4v) is 3.64. The summed E-state index contributed by atoms with van der Waals surface area (Å²) in [4.78, 5) is 30.8. The molecule has 0 radical (unpaired) electrons. The van der Waals surface area contributed by atoms with Gasteiger partial charge in [0.2, 0.25) is 0 Å². The molecule has 0 saturated heterocycles. The molecule has 0 saturated carbocycles. The molecule has 0 atom stereocenters. The minimum absolute atomic E-state index is 0.0864. The highest BCUT2D eigenvalue weighted by molar-refractivity contribution is 6.03. The van der Waals surface area contributed by atoms with Crippen LogP contribution in [0.25, 0.3) is 11.3 Å². The molecule has 2 aromatic carbocycles. The second-order valence-corrected chi connectivity index (χ2v) is 7.35. The number of benzene rings is 2. The summed E-state index contributed by atoms with van der Waals surface area (Å²) in [5, 5.41) is 0. The Labute approximate surface area is 171 Å². The van der Waals surface area contributed by atoms with Gasteiger partial charge in [-0.05, 0) is 63.4 Å². The number of Topliss-reactive ketones (excluding diaryl/α,β-unsaturated/α-hetero) is 1. The van der Waals surface area contributed by atoms with Crippen molar-refractivity contribution in [3.8, 4) is 11.3 Å². The smallest absolute Gasteiger partial charge is 0.325 e. The molecule has 0 aliphatic carbocycles. The van der Waals surface area contributed by atoms with E-state index in [0.717, 1.165) is 27.8 Å². The number of nitrogens with two attached hydrogens (primary N) is 1. The number of ketones is 1. The van der Waals surface area contributed by atoms with E-state index in [9.17, 15) is 9.59 Å². The van der Waals surface area contributed by atoms with Gasteiger partial charge in [0, 0.05) is 11.1 Å². The number of aryl methyl sites for hydroxylation is 4. The van der Waals surface area contributed by atoms with Crippen LogP contribution in [0.1, 0.15) is 39.5 Å². The van der Waals surface area contributed by atoms with E-state index in [1.165, 1.54) is 11.8 Å². The van der Waals surface area contributed by atoms with E-state index in [4.69, 9.17) is 10.7 Å². The summed E-state index contributed by atoms with van der Waals surface area (Å²) in [5.74, 6) is 0.298. The Hall–Kier alpha value is -3.47. The largest absolute Gasteiger partial charge is 0.351 e. The zero-order valence-electron chi connectivity index (χ0n) is 17.4. The summed E-state index contributed by atoms with van der Waals surface area (Å²) >= 11 is 0. The summed E-state index contributed by atoms with van der Waals surface area (Å²) in [6, 6.07) is 14.5. The zero-order chi connectivity index (χ0) is 21.3. The van der Waals surface area contributed by atoms with E-state index in [2.05, 4.69) is 0 Å². The molecule has 1 aromatic heterocycles. The normalized spacial score (nSPS) is 10.7. The van der Waals surface area contributed by atoms with E-state index in [1.807, 2.05) is 64.1 Å². The van der Waals surface area contributed by atoms with Crippen molar-refractivity contribution < 1.29 is 9.59 Å². The number of carbonyl (C=O) groups excluding carboxylic acids is 2. The molecule has 3 rings (SSSR count). The van der Waals surface area contributed by atoms with Crippen LogP contribution in [0.5, 0.6) is 0 Å². The second-order valence-electron chi connectivity index (χ2n) is 7.35. The van der Waals surface area contributed by atoms with Gasteiger partial charge < -0.3 is 5.73 Å². The summed E-state index contributed by atoms with van der Waals surface area (Å²) < 4.78 is 0. The van der Waals surface area contributed by atoms with Crippen molar-refractivity contribution in [3.05, 3.63) is 76.3 Å². The van der Waals surface area contributed by atoms with Gasteiger partial charge in [-0.3, -0.25) is 4.79 Å². The first kappa shape index (κ1) is 20.3. The lowest BCUT2D eigenvalue weighted by molar-refractivity contribution is 0.101. The van der Waals surface area contributed by atoms with Crippen molar-refractivity contribution in [1.29, 1.82) is 0 Å². The Morgan fingerprint density at radius 2 is 1.55 bits per heavy atom. The van der Waals surface area contributed by atoms with Gasteiger partial charge in [0.25, 0.3) is 0 Å². The Morgan fingerprint density at radius 1 is 0.897 bits per heavy atom. The minimum atomic E-state index is -0.628. The molecular weight excluding hydrogens is 362 g/mol. The van der Waals surface area contributed by atoms with Crippen molar-refractivity contribution >= 4 is 23.3 Å². The molecule has 2 amide bonds. The molecule has 5 nitrogen and oxygen atoms in total. The zero-order valence-corrected chi connectivity index (χ0v) is 17.4. The highest BCUT2D eigenvalue weighted by Crippen LogP contribution is 2.34. The predicted octanol–water partition coefficient (Wildman–Crippen LogP) is 5.40. The van der Waals surface area contributed by atoms with Crippen LogP contribution in [0, 0.1) is 27.7 Å². The summed E-state index contributed by atoms with van der Waals surface area (Å²) in [6.07, 6.45) is 0. The van der Waals surface area contributed by atoms with Crippen LogP contribution in [0.2, 0.25) is 0 Å². The van der Waals surface area contributed by atoms with E-state index in [-0.39, 0.29) is 5.78 Å². The number of rotatable bonds is 4. The number of aromatic nitrogens is 1. The Balaban J connectivity index is 2.27. The van der Waals surface area contributed by atoms with Gasteiger partial charge in [-0.1, -0.05) is 42.0 Å². The van der Waals surface area contributed by atoms with Crippen molar-refractivity contribution in [2.45, 2.75) is 34.6 Å². The summed E-state index contributed by atoms with van der Waals surface area (Å²) in [7, 11) is 0. The standard InChI is InChI=1S/C24H25N3O2/c1-14-9-10-19(17(4)13-14)22-20(18(5)28)11-12-21(26-22)27(24(25)29)23-15(2)7-6-8-16(23)3/h6-13H,1-5H3,(H2,25,29). The number of para-hydroxylation sites is 1. The lowest BCUT2D eigenvalue weighted by Gasteiger charge is -2.24. The van der Waals surface area contributed by atoms with Crippen LogP contribution in [0.15, 0.2) is 48.5 Å². The topological polar surface area (TPSA) is 76.3 Å². The number of nitrogens with zero attached hydrogens (tertiary/aromatic N) is 2. The van der Waals surface area contributed by atoms with Gasteiger partial charge in [-0.2, -0.15) is 0 Å². The van der Waals surface area contributed by atoms with Crippen LogP contribution >= 0.6 is 0 Å². The van der Waals surface area contributed by atoms with Crippen molar-refractivity contribution in [1.82, 2.24) is 4.98 Å². The number of hydrogen-bond acceptors (Lipinski definition) is 3. The fraction of sp³-hybridized carbons (Fsp3) is 0.208. The number of pyridine rings is 1. The van der Waals surface area contributed by atoms with Gasteiger partial charge in [0.05, 0.1) is 11.4 Å². The third-order valence-corrected chi connectivity index (χ3v) is 5.01. The molecular formula is C24H25N3O2. The van der Waals surface area contributed by atoms with E-state index in [0.29, 0.717) is 22.8 Å². The summed E-state index contributed by atoms with van der Waals surface area (Å²) in [6.45, 7) is 9.36.